The molecule has 0 bridgehead atoms. The monoisotopic (exact) mass is 255 g/mol. The van der Waals surface area contributed by atoms with E-state index in [1.54, 1.807) is 0 Å². The van der Waals surface area contributed by atoms with Crippen LogP contribution in [-0.2, 0) is 13.0 Å². The maximum atomic E-state index is 9.42. The zero-order chi connectivity index (χ0) is 13.3. The fourth-order valence-electron chi connectivity index (χ4n) is 2.10. The lowest BCUT2D eigenvalue weighted by Crippen LogP contribution is -2.32. The van der Waals surface area contributed by atoms with Crippen molar-refractivity contribution in [1.82, 2.24) is 5.32 Å². The van der Waals surface area contributed by atoms with Crippen LogP contribution in [0.15, 0.2) is 60.7 Å². The Balaban J connectivity index is 1.77. The first-order chi connectivity index (χ1) is 9.38. The summed E-state index contributed by atoms with van der Waals surface area (Å²) in [6.45, 7) is 0.987. The van der Waals surface area contributed by atoms with Crippen LogP contribution in [-0.4, -0.2) is 17.8 Å². The molecule has 1 atom stereocenters. The molecule has 2 rings (SSSR count). The van der Waals surface area contributed by atoms with Crippen LogP contribution in [0.2, 0.25) is 0 Å². The number of nitrogens with one attached hydrogen (secondary N) is 1. The number of rotatable bonds is 7. The van der Waals surface area contributed by atoms with Gasteiger partial charge in [-0.3, -0.25) is 0 Å². The normalized spacial score (nSPS) is 12.3. The van der Waals surface area contributed by atoms with Gasteiger partial charge in [0.1, 0.15) is 0 Å². The van der Waals surface area contributed by atoms with Crippen molar-refractivity contribution in [2.75, 3.05) is 6.61 Å². The molecule has 0 aromatic heterocycles. The number of hydrogen-bond acceptors (Lipinski definition) is 2. The Morgan fingerprint density at radius 2 is 1.42 bits per heavy atom. The van der Waals surface area contributed by atoms with Crippen molar-refractivity contribution < 1.29 is 5.11 Å². The summed E-state index contributed by atoms with van der Waals surface area (Å²) in [6.07, 6.45) is 1.95. The fraction of sp³-hybridized carbons (Fsp3) is 0.294. The summed E-state index contributed by atoms with van der Waals surface area (Å²) in [5, 5.41) is 12.8. The van der Waals surface area contributed by atoms with Crippen molar-refractivity contribution in [2.45, 2.75) is 25.4 Å². The lowest BCUT2D eigenvalue weighted by atomic mass is 10.1. The summed E-state index contributed by atoms with van der Waals surface area (Å²) >= 11 is 0. The fourth-order valence-corrected chi connectivity index (χ4v) is 2.10. The quantitative estimate of drug-likeness (QED) is 0.797. The van der Waals surface area contributed by atoms with E-state index in [2.05, 4.69) is 41.7 Å². The van der Waals surface area contributed by atoms with Crippen LogP contribution in [0, 0.1) is 0 Å². The van der Waals surface area contributed by atoms with Crippen molar-refractivity contribution in [3.05, 3.63) is 71.8 Å². The van der Waals surface area contributed by atoms with Crippen molar-refractivity contribution >= 4 is 0 Å². The van der Waals surface area contributed by atoms with E-state index in [-0.39, 0.29) is 12.6 Å². The van der Waals surface area contributed by atoms with Crippen molar-refractivity contribution in [1.29, 1.82) is 0 Å². The SMILES string of the molecule is OCC(CCc1ccccc1)NCc1ccccc1. The van der Waals surface area contributed by atoms with Crippen molar-refractivity contribution in [3.63, 3.8) is 0 Å². The van der Waals surface area contributed by atoms with E-state index in [1.807, 2.05) is 24.3 Å². The Kier molecular flexibility index (Phi) is 5.60. The van der Waals surface area contributed by atoms with Crippen LogP contribution in [0.3, 0.4) is 0 Å². The molecule has 0 saturated heterocycles. The minimum absolute atomic E-state index is 0.153. The number of aliphatic hydroxyl groups excluding tert-OH is 1. The smallest absolute Gasteiger partial charge is 0.0584 e. The second-order valence-corrected chi connectivity index (χ2v) is 4.77. The van der Waals surface area contributed by atoms with E-state index in [4.69, 9.17) is 0 Å². The van der Waals surface area contributed by atoms with Gasteiger partial charge in [0, 0.05) is 12.6 Å². The van der Waals surface area contributed by atoms with Crippen LogP contribution in [0.5, 0.6) is 0 Å². The lowest BCUT2D eigenvalue weighted by molar-refractivity contribution is 0.235. The highest BCUT2D eigenvalue weighted by molar-refractivity contribution is 5.15. The third-order valence-corrected chi connectivity index (χ3v) is 3.28. The molecule has 0 fully saturated rings. The molecule has 0 aliphatic rings. The Hall–Kier alpha value is -1.64. The summed E-state index contributed by atoms with van der Waals surface area (Å²) in [5.74, 6) is 0. The third kappa shape index (κ3) is 4.86. The summed E-state index contributed by atoms with van der Waals surface area (Å²) in [5.41, 5.74) is 2.57. The predicted molar refractivity (Wildman–Crippen MR) is 78.9 cm³/mol. The van der Waals surface area contributed by atoms with Crippen molar-refractivity contribution in [2.24, 2.45) is 0 Å². The topological polar surface area (TPSA) is 32.3 Å². The molecule has 0 heterocycles. The maximum Gasteiger partial charge on any atom is 0.0584 e. The molecule has 2 aromatic rings. The molecule has 19 heavy (non-hydrogen) atoms. The highest BCUT2D eigenvalue weighted by atomic mass is 16.3. The molecule has 0 amide bonds. The zero-order valence-electron chi connectivity index (χ0n) is 11.1. The Bertz CT molecular complexity index is 412. The molecular formula is C17H21NO. The Morgan fingerprint density at radius 3 is 2.00 bits per heavy atom. The molecule has 0 aliphatic carbocycles. The second kappa shape index (κ2) is 7.72. The average Bonchev–Trinajstić information content (AvgIpc) is 2.49. The Labute approximate surface area is 115 Å². The standard InChI is InChI=1S/C17H21NO/c19-14-17(12-11-15-7-3-1-4-8-15)18-13-16-9-5-2-6-10-16/h1-10,17-19H,11-14H2. The molecule has 2 nitrogen and oxygen atoms in total. The van der Waals surface area contributed by atoms with E-state index in [0.717, 1.165) is 19.4 Å². The number of aryl methyl sites for hydroxylation is 1. The number of aliphatic hydroxyl groups is 1. The first-order valence-corrected chi connectivity index (χ1v) is 6.80. The summed E-state index contributed by atoms with van der Waals surface area (Å²) in [6, 6.07) is 20.8. The van der Waals surface area contributed by atoms with E-state index in [0.29, 0.717) is 0 Å². The summed E-state index contributed by atoms with van der Waals surface area (Å²) in [4.78, 5) is 0. The summed E-state index contributed by atoms with van der Waals surface area (Å²) < 4.78 is 0. The lowest BCUT2D eigenvalue weighted by Gasteiger charge is -2.16. The van der Waals surface area contributed by atoms with E-state index in [1.165, 1.54) is 11.1 Å². The molecule has 2 aromatic carbocycles. The largest absolute Gasteiger partial charge is 0.395 e. The molecule has 100 valence electrons. The van der Waals surface area contributed by atoms with Crippen LogP contribution >= 0.6 is 0 Å². The van der Waals surface area contributed by atoms with Gasteiger partial charge in [-0.1, -0.05) is 60.7 Å². The average molecular weight is 255 g/mol. The van der Waals surface area contributed by atoms with Gasteiger partial charge < -0.3 is 10.4 Å². The van der Waals surface area contributed by atoms with Gasteiger partial charge in [-0.2, -0.15) is 0 Å². The van der Waals surface area contributed by atoms with E-state index < -0.39 is 0 Å². The Morgan fingerprint density at radius 1 is 0.842 bits per heavy atom. The highest BCUT2D eigenvalue weighted by Gasteiger charge is 2.06. The number of benzene rings is 2. The van der Waals surface area contributed by atoms with Crippen LogP contribution in [0.1, 0.15) is 17.5 Å². The minimum atomic E-state index is 0.153. The molecule has 2 N–H and O–H groups in total. The van der Waals surface area contributed by atoms with Gasteiger partial charge >= 0.3 is 0 Å². The zero-order valence-corrected chi connectivity index (χ0v) is 11.1. The molecule has 2 heteroatoms. The van der Waals surface area contributed by atoms with Gasteiger partial charge in [-0.15, -0.1) is 0 Å². The summed E-state index contributed by atoms with van der Waals surface area (Å²) in [7, 11) is 0. The first kappa shape index (κ1) is 13.8. The highest BCUT2D eigenvalue weighted by Crippen LogP contribution is 2.06. The maximum absolute atomic E-state index is 9.42. The van der Waals surface area contributed by atoms with E-state index in [9.17, 15) is 5.11 Å². The number of hydrogen-bond donors (Lipinski definition) is 2. The molecule has 1 unspecified atom stereocenters. The third-order valence-electron chi connectivity index (χ3n) is 3.28. The van der Waals surface area contributed by atoms with Gasteiger partial charge in [0.25, 0.3) is 0 Å². The van der Waals surface area contributed by atoms with Gasteiger partial charge in [0.2, 0.25) is 0 Å². The second-order valence-electron chi connectivity index (χ2n) is 4.77. The minimum Gasteiger partial charge on any atom is -0.395 e. The van der Waals surface area contributed by atoms with Crippen molar-refractivity contribution in [3.8, 4) is 0 Å². The van der Waals surface area contributed by atoms with Gasteiger partial charge in [-0.05, 0) is 24.0 Å². The molecule has 0 aliphatic heterocycles. The molecule has 0 saturated carbocycles. The predicted octanol–water partition coefficient (Wildman–Crippen LogP) is 2.77. The molecule has 0 radical (unpaired) electrons. The van der Waals surface area contributed by atoms with Gasteiger partial charge in [0.05, 0.1) is 6.61 Å². The van der Waals surface area contributed by atoms with Crippen LogP contribution < -0.4 is 5.32 Å². The first-order valence-electron chi connectivity index (χ1n) is 6.80. The van der Waals surface area contributed by atoms with Crippen LogP contribution in [0.4, 0.5) is 0 Å². The van der Waals surface area contributed by atoms with E-state index >= 15 is 0 Å². The molecule has 0 spiro atoms. The van der Waals surface area contributed by atoms with Gasteiger partial charge in [0.15, 0.2) is 0 Å². The van der Waals surface area contributed by atoms with Crippen LogP contribution in [0.25, 0.3) is 0 Å². The van der Waals surface area contributed by atoms with Gasteiger partial charge in [-0.25, -0.2) is 0 Å². The molecular weight excluding hydrogens is 234 g/mol.